The van der Waals surface area contributed by atoms with Gasteiger partial charge in [0.25, 0.3) is 0 Å². The first-order valence-corrected chi connectivity index (χ1v) is 16.9. The van der Waals surface area contributed by atoms with Crippen LogP contribution >= 0.6 is 0 Å². The molecule has 2 N–H and O–H groups in total. The molecule has 230 valence electrons. The van der Waals surface area contributed by atoms with Gasteiger partial charge in [-0.2, -0.15) is 0 Å². The van der Waals surface area contributed by atoms with E-state index in [9.17, 15) is 0 Å². The number of nitrogens with one attached hydrogen (secondary N) is 2. The zero-order valence-electron chi connectivity index (χ0n) is 26.3. The van der Waals surface area contributed by atoms with Crippen molar-refractivity contribution < 1.29 is 4.42 Å². The Hall–Kier alpha value is -6.46. The number of anilines is 2. The Morgan fingerprint density at radius 1 is 0.510 bits per heavy atom. The first-order valence-electron chi connectivity index (χ1n) is 16.9. The van der Waals surface area contributed by atoms with E-state index in [1.165, 1.54) is 65.5 Å². The fraction of sp³-hybridized carbons (Fsp3) is 0.0455. The number of allylic oxidation sites excluding steroid dienone is 2. The van der Waals surface area contributed by atoms with E-state index in [-0.39, 0.29) is 12.1 Å². The van der Waals surface area contributed by atoms with Gasteiger partial charge in [0, 0.05) is 43.4 Å². The molecule has 1 aliphatic carbocycles. The largest absolute Gasteiger partial charge is 0.456 e. The van der Waals surface area contributed by atoms with Crippen LogP contribution in [-0.2, 0) is 0 Å². The monoisotopic (exact) mass is 628 g/mol. The van der Waals surface area contributed by atoms with E-state index in [4.69, 9.17) is 4.42 Å². The van der Waals surface area contributed by atoms with E-state index in [0.29, 0.717) is 0 Å². The van der Waals surface area contributed by atoms with Gasteiger partial charge in [-0.05, 0) is 65.7 Å². The van der Waals surface area contributed by atoms with Crippen LogP contribution in [0.2, 0.25) is 0 Å². The lowest BCUT2D eigenvalue weighted by atomic mass is 9.96. The van der Waals surface area contributed by atoms with Gasteiger partial charge in [-0.1, -0.05) is 91.0 Å². The molecule has 4 aromatic heterocycles. The predicted molar refractivity (Wildman–Crippen MR) is 204 cm³/mol. The Labute approximate surface area is 280 Å². The average molecular weight is 629 g/mol. The van der Waals surface area contributed by atoms with Crippen LogP contribution in [0, 0.1) is 0 Å². The predicted octanol–water partition coefficient (Wildman–Crippen LogP) is 11.0. The molecular weight excluding hydrogens is 601 g/mol. The smallest absolute Gasteiger partial charge is 0.136 e. The molecule has 5 heterocycles. The van der Waals surface area contributed by atoms with Crippen molar-refractivity contribution >= 4 is 82.4 Å². The molecule has 10 aromatic rings. The highest BCUT2D eigenvalue weighted by atomic mass is 16.3. The van der Waals surface area contributed by atoms with E-state index >= 15 is 0 Å². The molecule has 12 rings (SSSR count). The molecule has 0 fully saturated rings. The van der Waals surface area contributed by atoms with Crippen LogP contribution in [0.4, 0.5) is 11.5 Å². The van der Waals surface area contributed by atoms with Crippen molar-refractivity contribution in [1.29, 1.82) is 0 Å². The minimum Gasteiger partial charge on any atom is -0.456 e. The molecule has 6 aromatic carbocycles. The quantitative estimate of drug-likeness (QED) is 0.200. The van der Waals surface area contributed by atoms with E-state index in [1.54, 1.807) is 0 Å². The Bertz CT molecular complexity index is 3060. The normalized spacial score (nSPS) is 17.1. The van der Waals surface area contributed by atoms with Crippen molar-refractivity contribution in [3.8, 4) is 16.8 Å². The number of aromatic nitrogens is 2. The Morgan fingerprint density at radius 3 is 2.16 bits per heavy atom. The summed E-state index contributed by atoms with van der Waals surface area (Å²) >= 11 is 0. The van der Waals surface area contributed by atoms with E-state index in [2.05, 4.69) is 159 Å². The van der Waals surface area contributed by atoms with Crippen molar-refractivity contribution in [3.63, 3.8) is 0 Å². The summed E-state index contributed by atoms with van der Waals surface area (Å²) in [5.41, 5.74) is 11.3. The third-order valence-electron chi connectivity index (χ3n) is 10.9. The van der Waals surface area contributed by atoms with Crippen LogP contribution in [0.25, 0.3) is 87.8 Å². The van der Waals surface area contributed by atoms with Gasteiger partial charge < -0.3 is 19.6 Å². The summed E-state index contributed by atoms with van der Waals surface area (Å²) in [5.74, 6) is 1.11. The average Bonchev–Trinajstić information content (AvgIpc) is 3.89. The third-order valence-corrected chi connectivity index (χ3v) is 10.9. The molecule has 0 amide bonds. The second-order valence-corrected chi connectivity index (χ2v) is 13.4. The van der Waals surface area contributed by atoms with Gasteiger partial charge >= 0.3 is 0 Å². The highest BCUT2D eigenvalue weighted by molar-refractivity contribution is 6.31. The molecule has 0 spiro atoms. The number of rotatable bonds is 2. The second kappa shape index (κ2) is 9.12. The number of benzene rings is 6. The molecule has 5 nitrogen and oxygen atoms in total. The Kier molecular flexibility index (Phi) is 4.76. The minimum absolute atomic E-state index is 0.172. The Balaban J connectivity index is 1.20. The molecule has 2 atom stereocenters. The van der Waals surface area contributed by atoms with Crippen molar-refractivity contribution in [2.45, 2.75) is 12.1 Å². The summed E-state index contributed by atoms with van der Waals surface area (Å²) in [6, 6.07) is 44.3. The number of para-hydroxylation sites is 3. The van der Waals surface area contributed by atoms with Crippen molar-refractivity contribution in [3.05, 3.63) is 146 Å². The van der Waals surface area contributed by atoms with Crippen LogP contribution in [0.1, 0.15) is 0 Å². The molecule has 2 unspecified atom stereocenters. The van der Waals surface area contributed by atoms with Crippen molar-refractivity contribution in [2.24, 2.45) is 0 Å². The number of hydrogen-bond acceptors (Lipinski definition) is 3. The number of fused-ring (bicyclic) bond motifs is 14. The zero-order valence-corrected chi connectivity index (χ0v) is 26.3. The van der Waals surface area contributed by atoms with E-state index in [1.807, 2.05) is 6.07 Å². The summed E-state index contributed by atoms with van der Waals surface area (Å²) in [6.07, 6.45) is 8.78. The van der Waals surface area contributed by atoms with Crippen LogP contribution in [-0.4, -0.2) is 21.1 Å². The maximum atomic E-state index is 6.42. The molecule has 49 heavy (non-hydrogen) atoms. The fourth-order valence-corrected chi connectivity index (χ4v) is 8.78. The molecule has 0 saturated heterocycles. The highest BCUT2D eigenvalue weighted by Gasteiger charge is 2.32. The maximum Gasteiger partial charge on any atom is 0.136 e. The van der Waals surface area contributed by atoms with Crippen LogP contribution < -0.4 is 10.6 Å². The van der Waals surface area contributed by atoms with E-state index < -0.39 is 0 Å². The lowest BCUT2D eigenvalue weighted by Crippen LogP contribution is -2.41. The van der Waals surface area contributed by atoms with Gasteiger partial charge in [0.2, 0.25) is 0 Å². The van der Waals surface area contributed by atoms with Gasteiger partial charge in [-0.15, -0.1) is 0 Å². The molecule has 0 bridgehead atoms. The van der Waals surface area contributed by atoms with Gasteiger partial charge in [0.05, 0.1) is 39.8 Å². The van der Waals surface area contributed by atoms with Gasteiger partial charge in [0.15, 0.2) is 0 Å². The Morgan fingerprint density at radius 2 is 1.27 bits per heavy atom. The van der Waals surface area contributed by atoms with Crippen LogP contribution in [0.15, 0.2) is 150 Å². The summed E-state index contributed by atoms with van der Waals surface area (Å²) in [5, 5.41) is 16.4. The highest BCUT2D eigenvalue weighted by Crippen LogP contribution is 2.50. The number of hydrogen-bond donors (Lipinski definition) is 2. The fourth-order valence-electron chi connectivity index (χ4n) is 8.78. The molecular formula is C44H28N4O. The van der Waals surface area contributed by atoms with Crippen molar-refractivity contribution in [2.75, 3.05) is 10.6 Å². The van der Waals surface area contributed by atoms with Gasteiger partial charge in [0.1, 0.15) is 17.0 Å². The second-order valence-electron chi connectivity index (χ2n) is 13.4. The van der Waals surface area contributed by atoms with Crippen LogP contribution in [0.3, 0.4) is 0 Å². The lowest BCUT2D eigenvalue weighted by Gasteiger charge is -2.33. The van der Waals surface area contributed by atoms with Crippen LogP contribution in [0.5, 0.6) is 0 Å². The van der Waals surface area contributed by atoms with Gasteiger partial charge in [-0.3, -0.25) is 4.40 Å². The minimum atomic E-state index is 0.172. The summed E-state index contributed by atoms with van der Waals surface area (Å²) in [4.78, 5) is 0. The first kappa shape index (κ1) is 25.6. The number of nitrogens with zero attached hydrogens (tertiary/aromatic N) is 2. The standard InChI is InChI=1S/C44H28N4O/c1-2-10-27(11-3-1)47-35-16-8-4-12-28(35)29-19-18-25(24-37(29)47)26-22-31-40-36(20-21-39-41(40)30-13-5-9-17-38(30)49-39)48-43(31)32(23-26)42-44(48)46-34-15-7-6-14-33(34)45-42/h1-24,33-34,45-46H. The van der Waals surface area contributed by atoms with Gasteiger partial charge in [-0.25, -0.2) is 0 Å². The summed E-state index contributed by atoms with van der Waals surface area (Å²) in [6.45, 7) is 0. The topological polar surface area (TPSA) is 46.5 Å². The number of furan rings is 1. The summed E-state index contributed by atoms with van der Waals surface area (Å²) < 4.78 is 11.3. The molecule has 0 saturated carbocycles. The zero-order chi connectivity index (χ0) is 31.8. The third kappa shape index (κ3) is 3.29. The molecule has 0 radical (unpaired) electrons. The molecule has 5 heteroatoms. The SMILES string of the molecule is C1=CC2Nc3c(n4c5ccc6oc7ccccc7c6c5c5cc(-c6ccc7c8ccccc8n(-c8ccccc8)c7c6)cc3c54)NC2C=C1. The summed E-state index contributed by atoms with van der Waals surface area (Å²) in [7, 11) is 0. The van der Waals surface area contributed by atoms with Crippen molar-refractivity contribution in [1.82, 2.24) is 8.97 Å². The van der Waals surface area contributed by atoms with E-state index in [0.717, 1.165) is 33.7 Å². The maximum absolute atomic E-state index is 6.42. The first-order chi connectivity index (χ1) is 24.3. The lowest BCUT2D eigenvalue weighted by molar-refractivity contribution is 0.669. The molecule has 1 aliphatic heterocycles. The molecule has 2 aliphatic rings.